The molecular formula is C22H25BrN4O2S. The van der Waals surface area contributed by atoms with E-state index in [9.17, 15) is 4.79 Å². The molecule has 0 aliphatic rings. The van der Waals surface area contributed by atoms with Gasteiger partial charge in [0.05, 0.1) is 5.75 Å². The monoisotopic (exact) mass is 488 g/mol. The maximum absolute atomic E-state index is 12.5. The van der Waals surface area contributed by atoms with E-state index in [1.54, 1.807) is 0 Å². The molecule has 158 valence electrons. The number of hydrogen-bond donors (Lipinski definition) is 1. The lowest BCUT2D eigenvalue weighted by Gasteiger charge is -2.15. The first-order valence-corrected chi connectivity index (χ1v) is 11.5. The largest absolute Gasteiger partial charge is 0.483 e. The number of nitrogens with zero attached hydrogens (tertiary/aromatic N) is 3. The van der Waals surface area contributed by atoms with Crippen molar-refractivity contribution in [3.05, 3.63) is 63.9 Å². The number of halogens is 1. The van der Waals surface area contributed by atoms with Crippen LogP contribution in [0.5, 0.6) is 5.75 Å². The van der Waals surface area contributed by atoms with Crippen molar-refractivity contribution >= 4 is 39.3 Å². The third-order valence-corrected chi connectivity index (χ3v) is 6.13. The molecule has 1 atom stereocenters. The van der Waals surface area contributed by atoms with Gasteiger partial charge >= 0.3 is 0 Å². The van der Waals surface area contributed by atoms with E-state index in [0.29, 0.717) is 11.7 Å². The minimum absolute atomic E-state index is 0.0660. The molecule has 1 aromatic heterocycles. The first-order valence-electron chi connectivity index (χ1n) is 9.73. The zero-order valence-electron chi connectivity index (χ0n) is 17.5. The number of carbonyl (C=O) groups excluding carboxylic acids is 1. The molecule has 6 nitrogen and oxygen atoms in total. The number of benzene rings is 2. The number of ether oxygens (including phenoxy) is 1. The van der Waals surface area contributed by atoms with Gasteiger partial charge in [-0.1, -0.05) is 45.9 Å². The van der Waals surface area contributed by atoms with Gasteiger partial charge in [0.2, 0.25) is 5.91 Å². The average molecular weight is 489 g/mol. The van der Waals surface area contributed by atoms with Gasteiger partial charge in [-0.3, -0.25) is 4.79 Å². The number of rotatable bonds is 8. The first kappa shape index (κ1) is 22.4. The van der Waals surface area contributed by atoms with E-state index in [1.807, 2.05) is 74.7 Å². The molecule has 0 bridgehead atoms. The summed E-state index contributed by atoms with van der Waals surface area (Å²) in [6.07, 6.45) is -0.267. The van der Waals surface area contributed by atoms with Crippen LogP contribution in [0.15, 0.2) is 52.1 Å². The highest BCUT2D eigenvalue weighted by Crippen LogP contribution is 2.26. The van der Waals surface area contributed by atoms with Gasteiger partial charge in [0.1, 0.15) is 5.75 Å². The summed E-state index contributed by atoms with van der Waals surface area (Å²) in [4.78, 5) is 12.5. The molecule has 1 amide bonds. The second-order valence-electron chi connectivity index (χ2n) is 6.90. The van der Waals surface area contributed by atoms with E-state index < -0.39 is 0 Å². The minimum atomic E-state index is -0.267. The Kier molecular flexibility index (Phi) is 7.55. The number of amides is 1. The molecule has 0 spiro atoms. The summed E-state index contributed by atoms with van der Waals surface area (Å²) >= 11 is 4.80. The van der Waals surface area contributed by atoms with Gasteiger partial charge in [0.25, 0.3) is 0 Å². The normalized spacial score (nSPS) is 11.9. The van der Waals surface area contributed by atoms with Crippen LogP contribution in [0.25, 0.3) is 0 Å². The van der Waals surface area contributed by atoms with Crippen LogP contribution in [0, 0.1) is 13.8 Å². The number of anilines is 1. The van der Waals surface area contributed by atoms with Gasteiger partial charge in [-0.15, -0.1) is 10.2 Å². The van der Waals surface area contributed by atoms with E-state index in [-0.39, 0.29) is 17.8 Å². The van der Waals surface area contributed by atoms with Gasteiger partial charge in [0, 0.05) is 16.7 Å². The Morgan fingerprint density at radius 2 is 1.83 bits per heavy atom. The van der Waals surface area contributed by atoms with Gasteiger partial charge in [-0.2, -0.15) is 0 Å². The molecule has 3 rings (SSSR count). The van der Waals surface area contributed by atoms with Crippen LogP contribution in [-0.4, -0.2) is 26.4 Å². The fourth-order valence-electron chi connectivity index (χ4n) is 3.09. The summed E-state index contributed by atoms with van der Waals surface area (Å²) < 4.78 is 8.99. The maximum atomic E-state index is 12.5. The Morgan fingerprint density at radius 3 is 2.47 bits per heavy atom. The van der Waals surface area contributed by atoms with Gasteiger partial charge in [0.15, 0.2) is 17.1 Å². The van der Waals surface area contributed by atoms with Crippen LogP contribution in [0.1, 0.15) is 36.9 Å². The zero-order valence-corrected chi connectivity index (χ0v) is 19.9. The molecule has 0 saturated heterocycles. The highest BCUT2D eigenvalue weighted by Gasteiger charge is 2.19. The number of hydrogen-bond acceptors (Lipinski definition) is 5. The molecule has 2 aromatic carbocycles. The average Bonchev–Trinajstić information content (AvgIpc) is 3.14. The predicted octanol–water partition coefficient (Wildman–Crippen LogP) is 5.55. The number of aryl methyl sites for hydroxylation is 2. The number of para-hydroxylation sites is 1. The highest BCUT2D eigenvalue weighted by atomic mass is 79.9. The number of thioether (sulfide) groups is 1. The molecule has 0 aliphatic carbocycles. The van der Waals surface area contributed by atoms with Crippen LogP contribution < -0.4 is 10.1 Å². The third-order valence-electron chi connectivity index (χ3n) is 4.63. The van der Waals surface area contributed by atoms with Crippen molar-refractivity contribution in [3.8, 4) is 5.75 Å². The van der Waals surface area contributed by atoms with E-state index >= 15 is 0 Å². The lowest BCUT2D eigenvalue weighted by molar-refractivity contribution is -0.113. The number of aromatic nitrogens is 3. The van der Waals surface area contributed by atoms with Crippen molar-refractivity contribution < 1.29 is 9.53 Å². The van der Waals surface area contributed by atoms with Crippen LogP contribution in [0.4, 0.5) is 5.69 Å². The fourth-order valence-corrected chi connectivity index (χ4v) is 4.17. The molecule has 1 heterocycles. The van der Waals surface area contributed by atoms with Crippen LogP contribution in [0.2, 0.25) is 0 Å². The minimum Gasteiger partial charge on any atom is -0.483 e. The molecule has 3 aromatic rings. The van der Waals surface area contributed by atoms with Crippen LogP contribution in [-0.2, 0) is 11.3 Å². The van der Waals surface area contributed by atoms with Crippen molar-refractivity contribution in [1.82, 2.24) is 14.8 Å². The van der Waals surface area contributed by atoms with Crippen molar-refractivity contribution in [2.75, 3.05) is 11.1 Å². The Morgan fingerprint density at radius 1 is 1.17 bits per heavy atom. The van der Waals surface area contributed by atoms with Crippen molar-refractivity contribution in [1.29, 1.82) is 0 Å². The summed E-state index contributed by atoms with van der Waals surface area (Å²) in [5, 5.41) is 12.3. The SMILES string of the molecule is CCn1c(SCC(=O)Nc2c(C)cccc2C)nnc1C(C)Oc1ccc(Br)cc1. The number of nitrogens with one attached hydrogen (secondary N) is 1. The second-order valence-corrected chi connectivity index (χ2v) is 8.76. The van der Waals surface area contributed by atoms with Crippen molar-refractivity contribution in [3.63, 3.8) is 0 Å². The predicted molar refractivity (Wildman–Crippen MR) is 124 cm³/mol. The van der Waals surface area contributed by atoms with Gasteiger partial charge < -0.3 is 14.6 Å². The van der Waals surface area contributed by atoms with E-state index in [2.05, 4.69) is 31.4 Å². The second kappa shape index (κ2) is 10.1. The summed E-state index contributed by atoms with van der Waals surface area (Å²) in [6, 6.07) is 13.6. The van der Waals surface area contributed by atoms with E-state index in [4.69, 9.17) is 4.74 Å². The Labute approximate surface area is 189 Å². The Bertz CT molecular complexity index is 1000. The fraction of sp³-hybridized carbons (Fsp3) is 0.318. The summed E-state index contributed by atoms with van der Waals surface area (Å²) in [6.45, 7) is 8.64. The molecular weight excluding hydrogens is 464 g/mol. The Balaban J connectivity index is 1.65. The van der Waals surface area contributed by atoms with E-state index in [1.165, 1.54) is 11.8 Å². The molecule has 1 unspecified atom stereocenters. The molecule has 0 aliphatic heterocycles. The number of carbonyl (C=O) groups is 1. The first-order chi connectivity index (χ1) is 14.4. The lowest BCUT2D eigenvalue weighted by atomic mass is 10.1. The molecule has 8 heteroatoms. The summed E-state index contributed by atoms with van der Waals surface area (Å²) in [5.74, 6) is 1.69. The Hall–Kier alpha value is -2.32. The van der Waals surface area contributed by atoms with E-state index in [0.717, 1.165) is 32.9 Å². The maximum Gasteiger partial charge on any atom is 0.234 e. The molecule has 0 saturated carbocycles. The summed E-state index contributed by atoms with van der Waals surface area (Å²) in [5.41, 5.74) is 2.97. The highest BCUT2D eigenvalue weighted by molar-refractivity contribution is 9.10. The molecule has 1 N–H and O–H groups in total. The van der Waals surface area contributed by atoms with Gasteiger partial charge in [-0.25, -0.2) is 0 Å². The smallest absolute Gasteiger partial charge is 0.234 e. The lowest BCUT2D eigenvalue weighted by Crippen LogP contribution is -2.16. The van der Waals surface area contributed by atoms with Crippen molar-refractivity contribution in [2.24, 2.45) is 0 Å². The third kappa shape index (κ3) is 5.43. The molecule has 30 heavy (non-hydrogen) atoms. The van der Waals surface area contributed by atoms with Gasteiger partial charge in [-0.05, 0) is 63.1 Å². The van der Waals surface area contributed by atoms with Crippen molar-refractivity contribution in [2.45, 2.75) is 45.5 Å². The van der Waals surface area contributed by atoms with Crippen LogP contribution in [0.3, 0.4) is 0 Å². The quantitative estimate of drug-likeness (QED) is 0.421. The standard InChI is InChI=1S/C22H25BrN4O2S/c1-5-27-21(16(4)29-18-11-9-17(23)10-12-18)25-26-22(27)30-13-19(28)24-20-14(2)7-6-8-15(20)3/h6-12,16H,5,13H2,1-4H3,(H,24,28). The summed E-state index contributed by atoms with van der Waals surface area (Å²) in [7, 11) is 0. The van der Waals surface area contributed by atoms with Crippen LogP contribution >= 0.6 is 27.7 Å². The molecule has 0 radical (unpaired) electrons. The topological polar surface area (TPSA) is 69.0 Å². The zero-order chi connectivity index (χ0) is 21.7. The molecule has 0 fully saturated rings.